The van der Waals surface area contributed by atoms with Gasteiger partial charge in [-0.3, -0.25) is 4.79 Å². The summed E-state index contributed by atoms with van der Waals surface area (Å²) in [6.07, 6.45) is 0.715. The average Bonchev–Trinajstić information content (AvgIpc) is 2.95. The topological polar surface area (TPSA) is 77.8 Å². The Morgan fingerprint density at radius 2 is 2.06 bits per heavy atom. The first-order valence-corrected chi connectivity index (χ1v) is 5.79. The van der Waals surface area contributed by atoms with E-state index in [2.05, 4.69) is 15.9 Å². The van der Waals surface area contributed by atoms with Gasteiger partial charge in [-0.05, 0) is 28.8 Å². The van der Waals surface area contributed by atoms with Crippen molar-refractivity contribution in [1.29, 1.82) is 0 Å². The quantitative estimate of drug-likeness (QED) is 0.750. The van der Waals surface area contributed by atoms with Crippen molar-refractivity contribution in [3.63, 3.8) is 0 Å². The summed E-state index contributed by atoms with van der Waals surface area (Å²) in [5.41, 5.74) is -0.992. The van der Waals surface area contributed by atoms with Gasteiger partial charge in [0, 0.05) is 17.0 Å². The van der Waals surface area contributed by atoms with Crippen LogP contribution in [0.25, 0.3) is 0 Å². The molecule has 4 nitrogen and oxygen atoms in total. The van der Waals surface area contributed by atoms with Crippen LogP contribution in [0.15, 0.2) is 10.5 Å². The first-order valence-electron chi connectivity index (χ1n) is 4.99. The molecular formula is C11H10BrFO4. The van der Waals surface area contributed by atoms with E-state index in [1.807, 2.05) is 0 Å². The third-order valence-corrected chi connectivity index (χ3v) is 3.62. The molecule has 1 aliphatic rings. The zero-order chi connectivity index (χ0) is 12.8. The Bertz CT molecular complexity index is 470. The van der Waals surface area contributed by atoms with Gasteiger partial charge in [-0.15, -0.1) is 0 Å². The van der Waals surface area contributed by atoms with E-state index in [1.165, 1.54) is 0 Å². The molecule has 6 heteroatoms. The van der Waals surface area contributed by atoms with Crippen molar-refractivity contribution < 1.29 is 24.5 Å². The van der Waals surface area contributed by atoms with E-state index in [0.29, 0.717) is 12.8 Å². The maximum atomic E-state index is 13.9. The van der Waals surface area contributed by atoms with Crippen LogP contribution in [0.4, 0.5) is 4.39 Å². The predicted octanol–water partition coefficient (Wildman–Crippen LogP) is 2.51. The summed E-state index contributed by atoms with van der Waals surface area (Å²) in [7, 11) is 0. The van der Waals surface area contributed by atoms with Gasteiger partial charge in [0.2, 0.25) is 0 Å². The van der Waals surface area contributed by atoms with Crippen LogP contribution in [0.1, 0.15) is 24.8 Å². The lowest BCUT2D eigenvalue weighted by Crippen LogP contribution is -2.15. The van der Waals surface area contributed by atoms with E-state index in [1.54, 1.807) is 0 Å². The van der Waals surface area contributed by atoms with Crippen molar-refractivity contribution in [2.75, 3.05) is 0 Å². The minimum atomic E-state index is -1.05. The lowest BCUT2D eigenvalue weighted by molar-refractivity contribution is -0.137. The number of hydrogen-bond acceptors (Lipinski definition) is 3. The molecule has 0 bridgehead atoms. The lowest BCUT2D eigenvalue weighted by atomic mass is 9.91. The molecule has 0 aliphatic heterocycles. The Morgan fingerprint density at radius 3 is 2.53 bits per heavy atom. The highest BCUT2D eigenvalue weighted by atomic mass is 79.9. The van der Waals surface area contributed by atoms with Crippen LogP contribution in [0.5, 0.6) is 11.5 Å². The lowest BCUT2D eigenvalue weighted by Gasteiger charge is -2.17. The SMILES string of the molecule is O=C(O)CC1(c2c(O)c(O)cc(Br)c2F)CC1. The van der Waals surface area contributed by atoms with Gasteiger partial charge in [0.1, 0.15) is 5.82 Å². The number of carboxylic acids is 1. The van der Waals surface area contributed by atoms with Gasteiger partial charge in [-0.25, -0.2) is 4.39 Å². The molecule has 0 amide bonds. The molecular weight excluding hydrogens is 295 g/mol. The number of hydrogen-bond donors (Lipinski definition) is 3. The number of benzene rings is 1. The average molecular weight is 305 g/mol. The monoisotopic (exact) mass is 304 g/mol. The van der Waals surface area contributed by atoms with Crippen LogP contribution in [0.2, 0.25) is 0 Å². The predicted molar refractivity (Wildman–Crippen MR) is 60.6 cm³/mol. The molecule has 3 N–H and O–H groups in total. The smallest absolute Gasteiger partial charge is 0.304 e. The number of aromatic hydroxyl groups is 2. The standard InChI is InChI=1S/C11H10BrFO4/c12-5-3-6(14)10(17)8(9(5)13)11(1-2-11)4-7(15)16/h3,14,17H,1-2,4H2,(H,15,16). The summed E-state index contributed by atoms with van der Waals surface area (Å²) < 4.78 is 13.9. The summed E-state index contributed by atoms with van der Waals surface area (Å²) in [6.45, 7) is 0. The molecule has 0 radical (unpaired) electrons. The Labute approximate surface area is 105 Å². The summed E-state index contributed by atoms with van der Waals surface area (Å²) in [4.78, 5) is 10.7. The van der Waals surface area contributed by atoms with E-state index < -0.39 is 28.7 Å². The van der Waals surface area contributed by atoms with Crippen molar-refractivity contribution in [3.8, 4) is 11.5 Å². The minimum Gasteiger partial charge on any atom is -0.504 e. The van der Waals surface area contributed by atoms with Gasteiger partial charge >= 0.3 is 5.97 Å². The van der Waals surface area contributed by atoms with Crippen LogP contribution in [-0.4, -0.2) is 21.3 Å². The number of halogens is 2. The van der Waals surface area contributed by atoms with E-state index in [4.69, 9.17) is 5.11 Å². The summed E-state index contributed by atoms with van der Waals surface area (Å²) in [5.74, 6) is -2.78. The molecule has 1 aromatic carbocycles. The molecule has 1 aliphatic carbocycles. The zero-order valence-electron chi connectivity index (χ0n) is 8.70. The molecule has 1 fully saturated rings. The third-order valence-electron chi connectivity index (χ3n) is 3.05. The fourth-order valence-electron chi connectivity index (χ4n) is 2.04. The Hall–Kier alpha value is -1.30. The van der Waals surface area contributed by atoms with Crippen LogP contribution >= 0.6 is 15.9 Å². The molecule has 1 saturated carbocycles. The fourth-order valence-corrected chi connectivity index (χ4v) is 2.46. The van der Waals surface area contributed by atoms with Crippen LogP contribution < -0.4 is 0 Å². The van der Waals surface area contributed by atoms with Crippen LogP contribution in [-0.2, 0) is 10.2 Å². The highest BCUT2D eigenvalue weighted by Crippen LogP contribution is 2.56. The zero-order valence-corrected chi connectivity index (χ0v) is 10.3. The highest BCUT2D eigenvalue weighted by Gasteiger charge is 2.50. The van der Waals surface area contributed by atoms with E-state index in [-0.39, 0.29) is 16.5 Å². The maximum absolute atomic E-state index is 13.9. The second kappa shape index (κ2) is 3.87. The minimum absolute atomic E-state index is 0.0134. The van der Waals surface area contributed by atoms with Gasteiger partial charge in [-0.2, -0.15) is 0 Å². The first-order chi connectivity index (χ1) is 7.87. The Morgan fingerprint density at radius 1 is 1.47 bits per heavy atom. The molecule has 0 spiro atoms. The third kappa shape index (κ3) is 1.97. The molecule has 0 heterocycles. The second-order valence-corrected chi connectivity index (χ2v) is 5.12. The van der Waals surface area contributed by atoms with Crippen molar-refractivity contribution in [2.24, 2.45) is 0 Å². The van der Waals surface area contributed by atoms with Crippen molar-refractivity contribution in [3.05, 3.63) is 21.9 Å². The summed E-state index contributed by atoms with van der Waals surface area (Å²) in [5, 5.41) is 27.9. The van der Waals surface area contributed by atoms with Crippen LogP contribution in [0, 0.1) is 5.82 Å². The van der Waals surface area contributed by atoms with Crippen molar-refractivity contribution in [2.45, 2.75) is 24.7 Å². The maximum Gasteiger partial charge on any atom is 0.304 e. The molecule has 17 heavy (non-hydrogen) atoms. The number of carbonyl (C=O) groups is 1. The normalized spacial score (nSPS) is 16.8. The summed E-state index contributed by atoms with van der Waals surface area (Å²) in [6, 6.07) is 1.05. The van der Waals surface area contributed by atoms with Crippen molar-refractivity contribution >= 4 is 21.9 Å². The van der Waals surface area contributed by atoms with Gasteiger partial charge in [-0.1, -0.05) is 0 Å². The molecule has 2 rings (SSSR count). The second-order valence-electron chi connectivity index (χ2n) is 4.27. The van der Waals surface area contributed by atoms with E-state index >= 15 is 0 Å². The van der Waals surface area contributed by atoms with Crippen LogP contribution in [0.3, 0.4) is 0 Å². The van der Waals surface area contributed by atoms with Gasteiger partial charge in [0.25, 0.3) is 0 Å². The first kappa shape index (κ1) is 12.2. The fraction of sp³-hybridized carbons (Fsp3) is 0.364. The molecule has 0 aromatic heterocycles. The molecule has 0 saturated heterocycles. The number of aliphatic carboxylic acids is 1. The molecule has 92 valence electrons. The highest BCUT2D eigenvalue weighted by molar-refractivity contribution is 9.10. The van der Waals surface area contributed by atoms with Gasteiger partial charge in [0.05, 0.1) is 10.9 Å². The molecule has 0 unspecified atom stereocenters. The number of rotatable bonds is 3. The number of phenolic OH excluding ortho intramolecular Hbond substituents is 2. The number of carboxylic acid groups (broad SMARTS) is 1. The Balaban J connectivity index is 2.55. The molecule has 0 atom stereocenters. The number of phenols is 2. The van der Waals surface area contributed by atoms with E-state index in [9.17, 15) is 19.4 Å². The largest absolute Gasteiger partial charge is 0.504 e. The van der Waals surface area contributed by atoms with Crippen molar-refractivity contribution in [1.82, 2.24) is 0 Å². The Kier molecular flexibility index (Phi) is 2.77. The van der Waals surface area contributed by atoms with Gasteiger partial charge < -0.3 is 15.3 Å². The summed E-state index contributed by atoms with van der Waals surface area (Å²) >= 11 is 2.92. The molecule has 1 aromatic rings. The van der Waals surface area contributed by atoms with Gasteiger partial charge in [0.15, 0.2) is 11.5 Å². The van der Waals surface area contributed by atoms with E-state index in [0.717, 1.165) is 6.07 Å².